The number of aromatic carboxylic acids is 1. The molecule has 1 heterocycles. The second-order valence-corrected chi connectivity index (χ2v) is 10.5. The van der Waals surface area contributed by atoms with Crippen molar-refractivity contribution in [3.8, 4) is 0 Å². The Morgan fingerprint density at radius 3 is 2.12 bits per heavy atom. The number of nitrogens with one attached hydrogen (secondary N) is 2. The summed E-state index contributed by atoms with van der Waals surface area (Å²) < 4.78 is 60.5. The van der Waals surface area contributed by atoms with E-state index < -0.39 is 28.1 Å². The van der Waals surface area contributed by atoms with Gasteiger partial charge in [0.25, 0.3) is 10.0 Å². The Morgan fingerprint density at radius 1 is 1.00 bits per heavy atom. The van der Waals surface area contributed by atoms with Crippen LogP contribution in [0.15, 0.2) is 47.4 Å². The number of aliphatic carboxylic acids is 1. The summed E-state index contributed by atoms with van der Waals surface area (Å²) in [6.07, 6.45) is -4.20. The third kappa shape index (κ3) is 9.41. The van der Waals surface area contributed by atoms with Crippen LogP contribution in [0.1, 0.15) is 29.3 Å². The molecule has 0 saturated carbocycles. The van der Waals surface area contributed by atoms with Crippen LogP contribution in [0.3, 0.4) is 0 Å². The molecule has 0 atom stereocenters. The molecule has 4 N–H and O–H groups in total. The lowest BCUT2D eigenvalue weighted by Crippen LogP contribution is -2.49. The van der Waals surface area contributed by atoms with Gasteiger partial charge in [-0.1, -0.05) is 25.1 Å². The number of nitrogens with zero attached hydrogens (tertiary/aromatic N) is 2. The number of carboxylic acid groups (broad SMARTS) is 2. The molecule has 11 nitrogen and oxygen atoms in total. The number of anilines is 2. The van der Waals surface area contributed by atoms with Crippen molar-refractivity contribution < 1.29 is 46.2 Å². The van der Waals surface area contributed by atoms with Crippen LogP contribution < -0.4 is 14.9 Å². The number of sulfonamides is 1. The van der Waals surface area contributed by atoms with Gasteiger partial charge in [-0.2, -0.15) is 13.2 Å². The van der Waals surface area contributed by atoms with E-state index in [1.165, 1.54) is 18.2 Å². The molecule has 40 heavy (non-hydrogen) atoms. The van der Waals surface area contributed by atoms with Crippen LogP contribution >= 0.6 is 0 Å². The van der Waals surface area contributed by atoms with Crippen molar-refractivity contribution in [3.63, 3.8) is 0 Å². The van der Waals surface area contributed by atoms with E-state index >= 15 is 0 Å². The SMILES string of the molecule is CCCNC(=O)CN1CCN(c2ccc(C(=O)O)cc2NS(=O)(=O)c2ccccc2C)CC1.O=C(O)C(F)(F)F. The Labute approximate surface area is 229 Å². The van der Waals surface area contributed by atoms with Crippen LogP contribution in [0.2, 0.25) is 0 Å². The van der Waals surface area contributed by atoms with E-state index in [-0.39, 0.29) is 22.1 Å². The minimum atomic E-state index is -5.08. The van der Waals surface area contributed by atoms with Gasteiger partial charge in [-0.3, -0.25) is 14.4 Å². The van der Waals surface area contributed by atoms with Gasteiger partial charge < -0.3 is 20.4 Å². The molecule has 1 aliphatic heterocycles. The van der Waals surface area contributed by atoms with Gasteiger partial charge in [0, 0.05) is 32.7 Å². The zero-order valence-corrected chi connectivity index (χ0v) is 22.7. The van der Waals surface area contributed by atoms with Crippen molar-refractivity contribution in [1.29, 1.82) is 0 Å². The molecule has 0 spiro atoms. The van der Waals surface area contributed by atoms with Gasteiger partial charge >= 0.3 is 18.1 Å². The number of carbonyl (C=O) groups excluding carboxylic acids is 1. The van der Waals surface area contributed by atoms with Crippen LogP contribution in [0.5, 0.6) is 0 Å². The van der Waals surface area contributed by atoms with Crippen LogP contribution in [0, 0.1) is 6.92 Å². The molecule has 2 aromatic carbocycles. The Balaban J connectivity index is 0.000000708. The van der Waals surface area contributed by atoms with Gasteiger partial charge in [0.05, 0.1) is 28.4 Å². The molecule has 3 rings (SSSR count). The van der Waals surface area contributed by atoms with E-state index in [1.54, 1.807) is 31.2 Å². The predicted molar refractivity (Wildman–Crippen MR) is 141 cm³/mol. The monoisotopic (exact) mass is 588 g/mol. The summed E-state index contributed by atoms with van der Waals surface area (Å²) in [5.41, 5.74) is 1.41. The number of amides is 1. The Morgan fingerprint density at radius 2 is 1.60 bits per heavy atom. The zero-order chi connectivity index (χ0) is 30.1. The Kier molecular flexibility index (Phi) is 11.3. The fraction of sp³-hybridized carbons (Fsp3) is 0.400. The minimum Gasteiger partial charge on any atom is -0.478 e. The highest BCUT2D eigenvalue weighted by Crippen LogP contribution is 2.31. The van der Waals surface area contributed by atoms with E-state index in [1.807, 2.05) is 16.7 Å². The molecule has 15 heteroatoms. The molecule has 1 saturated heterocycles. The number of alkyl halides is 3. The van der Waals surface area contributed by atoms with Crippen molar-refractivity contribution in [2.45, 2.75) is 31.3 Å². The number of hydrogen-bond acceptors (Lipinski definition) is 7. The summed E-state index contributed by atoms with van der Waals surface area (Å²) in [4.78, 5) is 36.6. The van der Waals surface area contributed by atoms with Crippen molar-refractivity contribution in [1.82, 2.24) is 10.2 Å². The molecular weight excluding hydrogens is 557 g/mol. The summed E-state index contributed by atoms with van der Waals surface area (Å²) in [6.45, 7) is 7.09. The van der Waals surface area contributed by atoms with E-state index in [2.05, 4.69) is 10.0 Å². The van der Waals surface area contributed by atoms with Crippen LogP contribution in [-0.2, 0) is 19.6 Å². The highest BCUT2D eigenvalue weighted by molar-refractivity contribution is 7.92. The summed E-state index contributed by atoms with van der Waals surface area (Å²) in [5, 5.41) is 19.4. The smallest absolute Gasteiger partial charge is 0.478 e. The number of halogens is 3. The lowest BCUT2D eigenvalue weighted by Gasteiger charge is -2.36. The fourth-order valence-corrected chi connectivity index (χ4v) is 5.07. The summed E-state index contributed by atoms with van der Waals surface area (Å²) >= 11 is 0. The molecule has 1 amide bonds. The van der Waals surface area contributed by atoms with E-state index in [0.29, 0.717) is 50.5 Å². The van der Waals surface area contributed by atoms with Gasteiger partial charge in [-0.05, 0) is 43.2 Å². The van der Waals surface area contributed by atoms with Crippen LogP contribution in [0.25, 0.3) is 0 Å². The first kappa shape index (κ1) is 32.4. The van der Waals surface area contributed by atoms with E-state index in [9.17, 15) is 36.3 Å². The molecule has 0 bridgehead atoms. The highest BCUT2D eigenvalue weighted by atomic mass is 32.2. The summed E-state index contributed by atoms with van der Waals surface area (Å²) in [7, 11) is -3.92. The summed E-state index contributed by atoms with van der Waals surface area (Å²) in [5.74, 6) is -3.91. The molecule has 1 aliphatic rings. The highest BCUT2D eigenvalue weighted by Gasteiger charge is 2.38. The second kappa shape index (κ2) is 14.0. The Hall–Kier alpha value is -3.85. The average molecular weight is 589 g/mol. The Bertz CT molecular complexity index is 1310. The quantitative estimate of drug-likeness (QED) is 0.346. The number of carbonyl (C=O) groups is 3. The van der Waals surface area contributed by atoms with Crippen LogP contribution in [0.4, 0.5) is 24.5 Å². The third-order valence-corrected chi connectivity index (χ3v) is 7.29. The number of carboxylic acids is 2. The van der Waals surface area contributed by atoms with Gasteiger partial charge in [0.2, 0.25) is 5.91 Å². The molecular formula is C25H31F3N4O7S. The summed E-state index contributed by atoms with van der Waals surface area (Å²) in [6, 6.07) is 11.1. The van der Waals surface area contributed by atoms with Gasteiger partial charge in [-0.15, -0.1) is 0 Å². The van der Waals surface area contributed by atoms with Crippen molar-refractivity contribution in [2.24, 2.45) is 0 Å². The zero-order valence-electron chi connectivity index (χ0n) is 21.9. The van der Waals surface area contributed by atoms with Crippen LogP contribution in [-0.4, -0.2) is 86.8 Å². The normalized spacial score (nSPS) is 14.1. The van der Waals surface area contributed by atoms with Gasteiger partial charge in [0.15, 0.2) is 0 Å². The van der Waals surface area contributed by atoms with E-state index in [0.717, 1.165) is 6.42 Å². The lowest BCUT2D eigenvalue weighted by atomic mass is 10.1. The number of benzene rings is 2. The second-order valence-electron chi connectivity index (χ2n) is 8.82. The minimum absolute atomic E-state index is 0.00698. The molecule has 2 aromatic rings. The number of rotatable bonds is 9. The molecule has 0 aliphatic carbocycles. The van der Waals surface area contributed by atoms with Gasteiger partial charge in [-0.25, -0.2) is 18.0 Å². The first-order valence-electron chi connectivity index (χ1n) is 12.2. The fourth-order valence-electron chi connectivity index (χ4n) is 3.75. The topological polar surface area (TPSA) is 156 Å². The maximum Gasteiger partial charge on any atom is 0.490 e. The molecule has 0 radical (unpaired) electrons. The number of aryl methyl sites for hydroxylation is 1. The average Bonchev–Trinajstić information content (AvgIpc) is 2.87. The molecule has 220 valence electrons. The predicted octanol–water partition coefficient (Wildman–Crippen LogP) is 2.78. The first-order valence-corrected chi connectivity index (χ1v) is 13.6. The maximum absolute atomic E-state index is 13.1. The molecule has 1 fully saturated rings. The number of hydrogen-bond donors (Lipinski definition) is 4. The number of piperazine rings is 1. The van der Waals surface area contributed by atoms with Crippen molar-refractivity contribution in [2.75, 3.05) is 48.9 Å². The van der Waals surface area contributed by atoms with E-state index in [4.69, 9.17) is 9.90 Å². The molecule has 0 aromatic heterocycles. The van der Waals surface area contributed by atoms with Gasteiger partial charge in [0.1, 0.15) is 0 Å². The van der Waals surface area contributed by atoms with Crippen molar-refractivity contribution >= 4 is 39.2 Å². The first-order chi connectivity index (χ1) is 18.7. The standard InChI is InChI=1S/C23H30N4O5S.C2HF3O2/c1-3-10-24-22(28)16-26-11-13-27(14-12-26)20-9-8-18(23(29)30)15-19(20)25-33(31,32)21-7-5-4-6-17(21)2;3-2(4,5)1(6)7/h4-9,15,25H,3,10-14,16H2,1-2H3,(H,24,28)(H,29,30);(H,6,7). The third-order valence-electron chi connectivity index (χ3n) is 5.77. The largest absolute Gasteiger partial charge is 0.490 e. The van der Waals surface area contributed by atoms with Crippen molar-refractivity contribution in [3.05, 3.63) is 53.6 Å². The lowest BCUT2D eigenvalue weighted by molar-refractivity contribution is -0.192. The maximum atomic E-state index is 13.1. The molecule has 0 unspecified atom stereocenters.